The van der Waals surface area contributed by atoms with Crippen LogP contribution in [0.3, 0.4) is 0 Å². The topological polar surface area (TPSA) is 27.6 Å². The fourth-order valence-corrected chi connectivity index (χ4v) is 4.48. The Bertz CT molecular complexity index is 1470. The van der Waals surface area contributed by atoms with Crippen molar-refractivity contribution in [1.29, 1.82) is 0 Å². The van der Waals surface area contributed by atoms with Crippen molar-refractivity contribution >= 4 is 62.2 Å². The Morgan fingerprint density at radius 2 is 1.56 bits per heavy atom. The molecule has 0 fully saturated rings. The summed E-state index contributed by atoms with van der Waals surface area (Å²) in [4.78, 5) is 6.95. The smallest absolute Gasteiger partial charge is 0.0960 e. The average molecular weight is 434 g/mol. The molecular weight excluding hydrogens is 414 g/mol. The Morgan fingerprint density at radius 1 is 0.750 bits per heavy atom. The van der Waals surface area contributed by atoms with Gasteiger partial charge in [-0.15, -0.1) is 0 Å². The third-order valence-corrected chi connectivity index (χ3v) is 6.23. The van der Waals surface area contributed by atoms with E-state index >= 15 is 0 Å². The second-order valence-corrected chi connectivity index (χ2v) is 8.44. The highest BCUT2D eigenvalue weighted by Gasteiger charge is 2.17. The second kappa shape index (κ2) is 7.70. The molecule has 32 heavy (non-hydrogen) atoms. The first-order valence-corrected chi connectivity index (χ1v) is 11.0. The number of anilines is 3. The highest BCUT2D eigenvalue weighted by atomic mass is 35.5. The predicted octanol–water partition coefficient (Wildman–Crippen LogP) is 8.07. The predicted molar refractivity (Wildman–Crippen MR) is 137 cm³/mol. The van der Waals surface area contributed by atoms with E-state index in [4.69, 9.17) is 16.6 Å². The summed E-state index contributed by atoms with van der Waals surface area (Å²) in [7, 11) is 0. The van der Waals surface area contributed by atoms with Gasteiger partial charge in [-0.05, 0) is 76.8 Å². The van der Waals surface area contributed by atoms with E-state index in [1.165, 1.54) is 27.1 Å². The van der Waals surface area contributed by atoms with Crippen LogP contribution in [0.15, 0.2) is 102 Å². The van der Waals surface area contributed by atoms with E-state index in [1.807, 2.05) is 36.7 Å². The van der Waals surface area contributed by atoms with Gasteiger partial charge >= 0.3 is 0 Å². The first-order valence-electron chi connectivity index (χ1n) is 10.6. The summed E-state index contributed by atoms with van der Waals surface area (Å²) in [6, 6.07) is 33.4. The molecule has 1 aliphatic heterocycles. The summed E-state index contributed by atoms with van der Waals surface area (Å²) in [5, 5.41) is 9.14. The summed E-state index contributed by atoms with van der Waals surface area (Å²) < 4.78 is 0. The molecule has 0 amide bonds. The molecule has 4 heteroatoms. The van der Waals surface area contributed by atoms with Crippen LogP contribution in [0, 0.1) is 0 Å². The fourth-order valence-electron chi connectivity index (χ4n) is 4.35. The minimum atomic E-state index is 0.731. The van der Waals surface area contributed by atoms with Crippen molar-refractivity contribution in [2.24, 2.45) is 4.99 Å². The standard InChI is InChI=1S/C28H20ClN3/c29-21-10-12-22(13-11-21)31-28-8-4-5-19-15-20-9-14-27-26(24(20)16-25(19)28)17-32(18-30-27)23-6-2-1-3-7-23/h1-16,18,31H,17H2. The van der Waals surface area contributed by atoms with Crippen LogP contribution in [0.1, 0.15) is 5.56 Å². The van der Waals surface area contributed by atoms with Gasteiger partial charge in [-0.3, -0.25) is 0 Å². The van der Waals surface area contributed by atoms with Crippen LogP contribution in [0.2, 0.25) is 5.02 Å². The summed E-state index contributed by atoms with van der Waals surface area (Å²) in [5.74, 6) is 0. The van der Waals surface area contributed by atoms with Gasteiger partial charge in [-0.2, -0.15) is 0 Å². The zero-order valence-electron chi connectivity index (χ0n) is 17.3. The van der Waals surface area contributed by atoms with Crippen molar-refractivity contribution in [1.82, 2.24) is 0 Å². The molecule has 5 aromatic rings. The Balaban J connectivity index is 1.48. The number of hydrogen-bond acceptors (Lipinski definition) is 3. The van der Waals surface area contributed by atoms with Gasteiger partial charge in [0.2, 0.25) is 0 Å². The highest BCUT2D eigenvalue weighted by molar-refractivity contribution is 6.30. The highest BCUT2D eigenvalue weighted by Crippen LogP contribution is 2.37. The summed E-state index contributed by atoms with van der Waals surface area (Å²) in [6.07, 6.45) is 1.93. The Kier molecular flexibility index (Phi) is 4.55. The van der Waals surface area contributed by atoms with Crippen LogP contribution in [0.5, 0.6) is 0 Å². The third-order valence-electron chi connectivity index (χ3n) is 5.98. The SMILES string of the molecule is Clc1ccc(Nc2cccc3cc4ccc5c(c4cc23)CN(c2ccccc2)C=N5)cc1. The van der Waals surface area contributed by atoms with Crippen LogP contribution in [0.25, 0.3) is 21.5 Å². The maximum Gasteiger partial charge on any atom is 0.0960 e. The molecule has 3 nitrogen and oxygen atoms in total. The molecule has 0 aromatic heterocycles. The molecule has 5 aromatic carbocycles. The lowest BCUT2D eigenvalue weighted by Gasteiger charge is -2.25. The van der Waals surface area contributed by atoms with Gasteiger partial charge in [0.05, 0.1) is 18.6 Å². The lowest BCUT2D eigenvalue weighted by molar-refractivity contribution is 1.01. The van der Waals surface area contributed by atoms with Gasteiger partial charge < -0.3 is 10.2 Å². The molecule has 0 bridgehead atoms. The fraction of sp³-hybridized carbons (Fsp3) is 0.0357. The van der Waals surface area contributed by atoms with Crippen molar-refractivity contribution in [2.45, 2.75) is 6.54 Å². The normalized spacial score (nSPS) is 12.8. The molecule has 6 rings (SSSR count). The molecule has 0 atom stereocenters. The molecule has 0 aliphatic carbocycles. The van der Waals surface area contributed by atoms with Gasteiger partial charge in [0.15, 0.2) is 0 Å². The second-order valence-electron chi connectivity index (χ2n) is 8.00. The summed E-state index contributed by atoms with van der Waals surface area (Å²) >= 11 is 6.06. The minimum absolute atomic E-state index is 0.731. The molecule has 0 radical (unpaired) electrons. The van der Waals surface area contributed by atoms with E-state index in [-0.39, 0.29) is 0 Å². The van der Waals surface area contributed by atoms with Gasteiger partial charge in [0, 0.05) is 33.0 Å². The van der Waals surface area contributed by atoms with Crippen molar-refractivity contribution < 1.29 is 0 Å². The number of aliphatic imine (C=N–C) groups is 1. The van der Waals surface area contributed by atoms with E-state index in [9.17, 15) is 0 Å². The van der Waals surface area contributed by atoms with E-state index in [0.717, 1.165) is 34.3 Å². The zero-order chi connectivity index (χ0) is 21.5. The first kappa shape index (κ1) is 18.9. The molecule has 0 saturated carbocycles. The largest absolute Gasteiger partial charge is 0.355 e. The van der Waals surface area contributed by atoms with E-state index in [0.29, 0.717) is 0 Å². The van der Waals surface area contributed by atoms with Crippen molar-refractivity contribution in [2.75, 3.05) is 10.2 Å². The molecule has 1 N–H and O–H groups in total. The van der Waals surface area contributed by atoms with Crippen LogP contribution < -0.4 is 10.2 Å². The maximum absolute atomic E-state index is 6.06. The number of nitrogens with zero attached hydrogens (tertiary/aromatic N) is 2. The maximum atomic E-state index is 6.06. The molecule has 1 aliphatic rings. The van der Waals surface area contributed by atoms with Gasteiger partial charge in [0.25, 0.3) is 0 Å². The summed E-state index contributed by atoms with van der Waals surface area (Å²) in [5.41, 5.74) is 5.51. The number of nitrogens with one attached hydrogen (secondary N) is 1. The lowest BCUT2D eigenvalue weighted by atomic mass is 9.96. The molecule has 1 heterocycles. The van der Waals surface area contributed by atoms with Crippen molar-refractivity contribution in [3.05, 3.63) is 108 Å². The minimum Gasteiger partial charge on any atom is -0.355 e. The number of rotatable bonds is 3. The van der Waals surface area contributed by atoms with E-state index < -0.39 is 0 Å². The molecule has 0 saturated heterocycles. The van der Waals surface area contributed by atoms with Gasteiger partial charge in [-0.1, -0.05) is 48.0 Å². The number of hydrogen-bond donors (Lipinski definition) is 1. The molecule has 154 valence electrons. The van der Waals surface area contributed by atoms with Gasteiger partial charge in [-0.25, -0.2) is 4.99 Å². The molecular formula is C28H20ClN3. The Morgan fingerprint density at radius 3 is 2.41 bits per heavy atom. The van der Waals surface area contributed by atoms with Crippen molar-refractivity contribution in [3.63, 3.8) is 0 Å². The number of fused-ring (bicyclic) bond motifs is 4. The Hall–Kier alpha value is -3.82. The monoisotopic (exact) mass is 433 g/mol. The van der Waals surface area contributed by atoms with E-state index in [1.54, 1.807) is 0 Å². The number of halogens is 1. The number of benzene rings is 5. The third kappa shape index (κ3) is 3.37. The summed E-state index contributed by atoms with van der Waals surface area (Å²) in [6.45, 7) is 0.790. The van der Waals surface area contributed by atoms with Crippen LogP contribution in [-0.4, -0.2) is 6.34 Å². The number of para-hydroxylation sites is 1. The first-order chi connectivity index (χ1) is 15.7. The van der Waals surface area contributed by atoms with Gasteiger partial charge in [0.1, 0.15) is 0 Å². The lowest BCUT2D eigenvalue weighted by Crippen LogP contribution is -2.23. The van der Waals surface area contributed by atoms with Crippen LogP contribution in [0.4, 0.5) is 22.7 Å². The van der Waals surface area contributed by atoms with Crippen LogP contribution >= 0.6 is 11.6 Å². The average Bonchev–Trinajstić information content (AvgIpc) is 2.85. The van der Waals surface area contributed by atoms with E-state index in [2.05, 4.69) is 76.9 Å². The molecule has 0 unspecified atom stereocenters. The van der Waals surface area contributed by atoms with Crippen LogP contribution in [-0.2, 0) is 6.54 Å². The molecule has 0 spiro atoms. The Labute approximate surface area is 191 Å². The quantitative estimate of drug-likeness (QED) is 0.291. The zero-order valence-corrected chi connectivity index (χ0v) is 18.1. The van der Waals surface area contributed by atoms with Crippen molar-refractivity contribution in [3.8, 4) is 0 Å².